The predicted molar refractivity (Wildman–Crippen MR) is 116 cm³/mol. The van der Waals surface area contributed by atoms with E-state index in [-0.39, 0.29) is 23.8 Å². The van der Waals surface area contributed by atoms with Gasteiger partial charge >= 0.3 is 0 Å². The summed E-state index contributed by atoms with van der Waals surface area (Å²) in [6.07, 6.45) is 1.69. The number of furan rings is 1. The van der Waals surface area contributed by atoms with Gasteiger partial charge in [0, 0.05) is 25.9 Å². The molecule has 4 aromatic rings. The van der Waals surface area contributed by atoms with Crippen molar-refractivity contribution in [3.05, 3.63) is 119 Å². The lowest BCUT2D eigenvalue weighted by Crippen LogP contribution is -2.25. The van der Waals surface area contributed by atoms with Crippen LogP contribution >= 0.6 is 0 Å². The summed E-state index contributed by atoms with van der Waals surface area (Å²) in [7, 11) is 1.75. The zero-order valence-electron chi connectivity index (χ0n) is 16.7. The third kappa shape index (κ3) is 4.41. The second-order valence-electron chi connectivity index (χ2n) is 7.16. The topological polar surface area (TPSA) is 55.5 Å². The maximum Gasteiger partial charge on any atom is 0.289 e. The van der Waals surface area contributed by atoms with E-state index in [9.17, 15) is 9.59 Å². The predicted octanol–water partition coefficient (Wildman–Crippen LogP) is 4.43. The summed E-state index contributed by atoms with van der Waals surface area (Å²) in [5.74, 6) is 0.624. The summed E-state index contributed by atoms with van der Waals surface area (Å²) in [4.78, 5) is 26.2. The highest BCUT2D eigenvalue weighted by Gasteiger charge is 2.16. The molecule has 0 bridgehead atoms. The van der Waals surface area contributed by atoms with E-state index in [1.807, 2.05) is 30.3 Å². The molecule has 2 heterocycles. The van der Waals surface area contributed by atoms with Crippen molar-refractivity contribution in [3.8, 4) is 11.1 Å². The van der Waals surface area contributed by atoms with Crippen molar-refractivity contribution in [2.45, 2.75) is 13.1 Å². The van der Waals surface area contributed by atoms with Gasteiger partial charge in [-0.2, -0.15) is 0 Å². The van der Waals surface area contributed by atoms with Gasteiger partial charge in [-0.05, 0) is 34.9 Å². The van der Waals surface area contributed by atoms with Crippen LogP contribution in [0.15, 0.2) is 100 Å². The SMILES string of the molecule is CN(Cc1ccc(-c2ccccc2)cc1)C(=O)c1ccc(Cn2ccccc2=O)o1. The van der Waals surface area contributed by atoms with Gasteiger partial charge in [0.05, 0.1) is 6.54 Å². The molecule has 1 amide bonds. The van der Waals surface area contributed by atoms with Crippen LogP contribution in [0.5, 0.6) is 0 Å². The Morgan fingerprint density at radius 2 is 1.57 bits per heavy atom. The van der Waals surface area contributed by atoms with Crippen molar-refractivity contribution >= 4 is 5.91 Å². The molecule has 0 unspecified atom stereocenters. The fraction of sp³-hybridized carbons (Fsp3) is 0.120. The molecule has 0 spiro atoms. The van der Waals surface area contributed by atoms with E-state index in [2.05, 4.69) is 24.3 Å². The minimum Gasteiger partial charge on any atom is -0.454 e. The molecule has 5 nitrogen and oxygen atoms in total. The number of carbonyl (C=O) groups excluding carboxylic acids is 1. The van der Waals surface area contributed by atoms with Crippen LogP contribution in [0.3, 0.4) is 0 Å². The van der Waals surface area contributed by atoms with Gasteiger partial charge in [0.25, 0.3) is 11.5 Å². The minimum atomic E-state index is -0.200. The lowest BCUT2D eigenvalue weighted by atomic mass is 10.0. The third-order valence-electron chi connectivity index (χ3n) is 4.93. The number of aromatic nitrogens is 1. The smallest absolute Gasteiger partial charge is 0.289 e. The van der Waals surface area contributed by atoms with Crippen molar-refractivity contribution in [1.82, 2.24) is 9.47 Å². The van der Waals surface area contributed by atoms with Gasteiger partial charge in [-0.25, -0.2) is 0 Å². The number of rotatable bonds is 6. The Morgan fingerprint density at radius 1 is 0.867 bits per heavy atom. The monoisotopic (exact) mass is 398 g/mol. The highest BCUT2D eigenvalue weighted by molar-refractivity contribution is 5.91. The van der Waals surface area contributed by atoms with Crippen LogP contribution in [0.2, 0.25) is 0 Å². The molecule has 30 heavy (non-hydrogen) atoms. The standard InChI is InChI=1S/C25H22N2O3/c1-26(17-19-10-12-21(13-11-19)20-7-3-2-4-8-20)25(29)23-15-14-22(30-23)18-27-16-6-5-9-24(27)28/h2-16H,17-18H2,1H3. The summed E-state index contributed by atoms with van der Waals surface area (Å²) in [6, 6.07) is 26.7. The molecule has 0 radical (unpaired) electrons. The Balaban J connectivity index is 1.41. The van der Waals surface area contributed by atoms with Crippen LogP contribution in [0, 0.1) is 0 Å². The molecule has 0 aliphatic carbocycles. The van der Waals surface area contributed by atoms with Crippen molar-refractivity contribution in [1.29, 1.82) is 0 Å². The molecular formula is C25H22N2O3. The van der Waals surface area contributed by atoms with Gasteiger partial charge in [0.15, 0.2) is 5.76 Å². The molecule has 0 fully saturated rings. The number of pyridine rings is 1. The maximum absolute atomic E-state index is 12.7. The van der Waals surface area contributed by atoms with Gasteiger partial charge in [-0.1, -0.05) is 60.7 Å². The highest BCUT2D eigenvalue weighted by Crippen LogP contribution is 2.20. The van der Waals surface area contributed by atoms with E-state index >= 15 is 0 Å². The summed E-state index contributed by atoms with van der Waals surface area (Å²) >= 11 is 0. The van der Waals surface area contributed by atoms with Crippen LogP contribution in [0.4, 0.5) is 0 Å². The maximum atomic E-state index is 12.7. The fourth-order valence-electron chi connectivity index (χ4n) is 3.30. The second-order valence-corrected chi connectivity index (χ2v) is 7.16. The summed E-state index contributed by atoms with van der Waals surface area (Å²) in [5.41, 5.74) is 3.22. The van der Waals surface area contributed by atoms with E-state index in [0.29, 0.717) is 12.3 Å². The first-order valence-electron chi connectivity index (χ1n) is 9.74. The van der Waals surface area contributed by atoms with Crippen LogP contribution in [-0.2, 0) is 13.1 Å². The number of benzene rings is 2. The van der Waals surface area contributed by atoms with E-state index in [1.54, 1.807) is 42.4 Å². The number of hydrogen-bond donors (Lipinski definition) is 0. The van der Waals surface area contributed by atoms with Gasteiger partial charge in [0.1, 0.15) is 5.76 Å². The zero-order valence-corrected chi connectivity index (χ0v) is 16.7. The normalized spacial score (nSPS) is 10.7. The molecule has 5 heteroatoms. The van der Waals surface area contributed by atoms with Gasteiger partial charge < -0.3 is 13.9 Å². The van der Waals surface area contributed by atoms with Crippen LogP contribution in [-0.4, -0.2) is 22.4 Å². The molecule has 0 saturated heterocycles. The number of nitrogens with zero attached hydrogens (tertiary/aromatic N) is 2. The van der Waals surface area contributed by atoms with Crippen LogP contribution in [0.1, 0.15) is 21.9 Å². The third-order valence-corrected chi connectivity index (χ3v) is 4.93. The Morgan fingerprint density at radius 3 is 2.30 bits per heavy atom. The molecule has 150 valence electrons. The zero-order chi connectivity index (χ0) is 20.9. The molecule has 4 rings (SSSR count). The molecule has 2 aromatic heterocycles. The van der Waals surface area contributed by atoms with Gasteiger partial charge in [-0.3, -0.25) is 9.59 Å². The molecule has 2 aromatic carbocycles. The van der Waals surface area contributed by atoms with Crippen molar-refractivity contribution in [2.24, 2.45) is 0 Å². The van der Waals surface area contributed by atoms with Crippen LogP contribution in [0.25, 0.3) is 11.1 Å². The van der Waals surface area contributed by atoms with Crippen molar-refractivity contribution in [2.75, 3.05) is 7.05 Å². The molecule has 0 aliphatic rings. The number of carbonyl (C=O) groups is 1. The van der Waals surface area contributed by atoms with Crippen LogP contribution < -0.4 is 5.56 Å². The molecule has 0 aliphatic heterocycles. The van der Waals surface area contributed by atoms with Gasteiger partial charge in [-0.15, -0.1) is 0 Å². The first-order chi connectivity index (χ1) is 14.6. The average molecular weight is 398 g/mol. The van der Waals surface area contributed by atoms with Crippen molar-refractivity contribution < 1.29 is 9.21 Å². The first-order valence-corrected chi connectivity index (χ1v) is 9.74. The lowest BCUT2D eigenvalue weighted by Gasteiger charge is -2.16. The van der Waals surface area contributed by atoms with E-state index < -0.39 is 0 Å². The quantitative estimate of drug-likeness (QED) is 0.483. The molecule has 0 saturated carbocycles. The van der Waals surface area contributed by atoms with Crippen molar-refractivity contribution in [3.63, 3.8) is 0 Å². The average Bonchev–Trinajstić information content (AvgIpc) is 3.24. The summed E-state index contributed by atoms with van der Waals surface area (Å²) in [5, 5.41) is 0. The Bertz CT molecular complexity index is 1190. The lowest BCUT2D eigenvalue weighted by molar-refractivity contribution is 0.0751. The Kier molecular flexibility index (Phi) is 5.61. The van der Waals surface area contributed by atoms with Gasteiger partial charge in [0.2, 0.25) is 0 Å². The summed E-state index contributed by atoms with van der Waals surface area (Å²) in [6.45, 7) is 0.764. The fourth-order valence-corrected chi connectivity index (χ4v) is 3.30. The molecule has 0 N–H and O–H groups in total. The minimum absolute atomic E-state index is 0.113. The first kappa shape index (κ1) is 19.5. The van der Waals surface area contributed by atoms with E-state index in [1.165, 1.54) is 10.6 Å². The molecule has 0 atom stereocenters. The van der Waals surface area contributed by atoms with E-state index in [4.69, 9.17) is 4.42 Å². The van der Waals surface area contributed by atoms with E-state index in [0.717, 1.165) is 16.7 Å². The second kappa shape index (κ2) is 8.66. The number of amides is 1. The Labute approximate surface area is 174 Å². The highest BCUT2D eigenvalue weighted by atomic mass is 16.4. The largest absolute Gasteiger partial charge is 0.454 e. The number of hydrogen-bond acceptors (Lipinski definition) is 3. The molecular weight excluding hydrogens is 376 g/mol. The summed E-state index contributed by atoms with van der Waals surface area (Å²) < 4.78 is 7.22. The Hall–Kier alpha value is -3.86.